The molecule has 2 aromatic rings. The third kappa shape index (κ3) is 2.50. The summed E-state index contributed by atoms with van der Waals surface area (Å²) in [5.74, 6) is 0.130. The fourth-order valence-electron chi connectivity index (χ4n) is 2.43. The lowest BCUT2D eigenvalue weighted by Crippen LogP contribution is -2.15. The van der Waals surface area contributed by atoms with Crippen molar-refractivity contribution in [1.82, 2.24) is 5.16 Å². The lowest BCUT2D eigenvalue weighted by Gasteiger charge is -2.17. The zero-order valence-electron chi connectivity index (χ0n) is 11.5. The second-order valence-corrected chi connectivity index (χ2v) is 4.78. The van der Waals surface area contributed by atoms with Gasteiger partial charge in [-0.3, -0.25) is 4.79 Å². The van der Waals surface area contributed by atoms with Crippen molar-refractivity contribution in [3.63, 3.8) is 0 Å². The third-order valence-corrected chi connectivity index (χ3v) is 3.50. The summed E-state index contributed by atoms with van der Waals surface area (Å²) in [6.45, 7) is 0. The first-order valence-electron chi connectivity index (χ1n) is 6.56. The van der Waals surface area contributed by atoms with Crippen molar-refractivity contribution in [2.75, 3.05) is 7.11 Å². The molecule has 106 valence electrons. The lowest BCUT2D eigenvalue weighted by molar-refractivity contribution is 0.0600. The Balaban J connectivity index is 1.94. The van der Waals surface area contributed by atoms with Crippen molar-refractivity contribution < 1.29 is 18.8 Å². The molecule has 0 spiro atoms. The molecule has 1 aliphatic carbocycles. The Kier molecular flexibility index (Phi) is 3.39. The number of aromatic nitrogens is 1. The van der Waals surface area contributed by atoms with Gasteiger partial charge >= 0.3 is 5.97 Å². The molecule has 0 fully saturated rings. The summed E-state index contributed by atoms with van der Waals surface area (Å²) in [6.07, 6.45) is 4.56. The number of fused-ring (bicyclic) bond motifs is 1. The van der Waals surface area contributed by atoms with Crippen molar-refractivity contribution in [1.29, 1.82) is 0 Å². The predicted octanol–water partition coefficient (Wildman–Crippen LogP) is 2.67. The maximum absolute atomic E-state index is 12.4. The number of allylic oxidation sites excluding steroid dienone is 1. The molecule has 1 heterocycles. The minimum absolute atomic E-state index is 0.0379. The van der Waals surface area contributed by atoms with Crippen LogP contribution in [0.5, 0.6) is 0 Å². The fourth-order valence-corrected chi connectivity index (χ4v) is 2.43. The molecule has 0 bridgehead atoms. The van der Waals surface area contributed by atoms with Crippen LogP contribution in [-0.4, -0.2) is 24.0 Å². The number of benzene rings is 1. The van der Waals surface area contributed by atoms with Crippen molar-refractivity contribution >= 4 is 17.8 Å². The number of nitrogens with zero attached hydrogens (tertiary/aromatic N) is 1. The molecule has 5 heteroatoms. The Morgan fingerprint density at radius 2 is 2.19 bits per heavy atom. The second-order valence-electron chi connectivity index (χ2n) is 4.78. The van der Waals surface area contributed by atoms with E-state index in [4.69, 9.17) is 9.26 Å². The number of methoxy groups -OCH3 is 1. The van der Waals surface area contributed by atoms with Crippen LogP contribution in [0.4, 0.5) is 0 Å². The van der Waals surface area contributed by atoms with Crippen LogP contribution in [0.1, 0.15) is 38.5 Å². The summed E-state index contributed by atoms with van der Waals surface area (Å²) in [5, 5.41) is 3.62. The molecule has 0 saturated carbocycles. The van der Waals surface area contributed by atoms with E-state index in [1.807, 2.05) is 0 Å². The molecular formula is C16H13NO4. The molecule has 0 amide bonds. The van der Waals surface area contributed by atoms with E-state index in [2.05, 4.69) is 5.16 Å². The second kappa shape index (κ2) is 5.36. The first kappa shape index (κ1) is 13.3. The van der Waals surface area contributed by atoms with Crippen molar-refractivity contribution in [2.24, 2.45) is 0 Å². The average molecular weight is 283 g/mol. The third-order valence-electron chi connectivity index (χ3n) is 3.50. The van der Waals surface area contributed by atoms with Crippen LogP contribution in [0.3, 0.4) is 0 Å². The molecule has 1 aliphatic rings. The number of Topliss-reactive ketones (excluding diaryl/α,β-unsaturated/α-hetero) is 1. The van der Waals surface area contributed by atoms with E-state index in [1.165, 1.54) is 13.3 Å². The summed E-state index contributed by atoms with van der Waals surface area (Å²) in [7, 11) is 1.34. The number of carbonyl (C=O) groups excluding carboxylic acids is 2. The van der Waals surface area contributed by atoms with Gasteiger partial charge in [-0.15, -0.1) is 0 Å². The van der Waals surface area contributed by atoms with Gasteiger partial charge in [0.05, 0.1) is 18.9 Å². The van der Waals surface area contributed by atoms with E-state index >= 15 is 0 Å². The molecule has 0 atom stereocenters. The number of carbonyl (C=O) groups is 2. The topological polar surface area (TPSA) is 69.4 Å². The molecule has 3 rings (SSSR count). The molecule has 0 radical (unpaired) electrons. The van der Waals surface area contributed by atoms with Crippen LogP contribution in [0.25, 0.3) is 6.08 Å². The van der Waals surface area contributed by atoms with Crippen LogP contribution in [-0.2, 0) is 11.2 Å². The number of esters is 1. The molecule has 1 aromatic heterocycles. The van der Waals surface area contributed by atoms with E-state index < -0.39 is 5.97 Å². The highest BCUT2D eigenvalue weighted by Crippen LogP contribution is 2.27. The average Bonchev–Trinajstić information content (AvgIpc) is 3.02. The highest BCUT2D eigenvalue weighted by Gasteiger charge is 2.23. The first-order chi connectivity index (χ1) is 10.2. The highest BCUT2D eigenvalue weighted by atomic mass is 16.5. The van der Waals surface area contributed by atoms with E-state index in [9.17, 15) is 9.59 Å². The van der Waals surface area contributed by atoms with Crippen molar-refractivity contribution in [2.45, 2.75) is 12.8 Å². The van der Waals surface area contributed by atoms with Gasteiger partial charge in [0.25, 0.3) is 0 Å². The maximum atomic E-state index is 12.4. The fraction of sp³-hybridized carbons (Fsp3) is 0.188. The van der Waals surface area contributed by atoms with Gasteiger partial charge in [0, 0.05) is 17.2 Å². The Labute approximate surface area is 121 Å². The van der Waals surface area contributed by atoms with Gasteiger partial charge < -0.3 is 9.26 Å². The Morgan fingerprint density at radius 3 is 2.90 bits per heavy atom. The van der Waals surface area contributed by atoms with E-state index in [0.29, 0.717) is 35.3 Å². The summed E-state index contributed by atoms with van der Waals surface area (Å²) >= 11 is 0. The van der Waals surface area contributed by atoms with Gasteiger partial charge in [0.15, 0.2) is 11.5 Å². The van der Waals surface area contributed by atoms with Crippen LogP contribution >= 0.6 is 0 Å². The zero-order chi connectivity index (χ0) is 14.8. The largest absolute Gasteiger partial charge is 0.465 e. The van der Waals surface area contributed by atoms with Crippen LogP contribution in [0.2, 0.25) is 0 Å². The van der Waals surface area contributed by atoms with Crippen LogP contribution < -0.4 is 0 Å². The molecule has 1 aromatic carbocycles. The first-order valence-corrected chi connectivity index (χ1v) is 6.56. The van der Waals surface area contributed by atoms with Crippen LogP contribution in [0.15, 0.2) is 40.6 Å². The standard InChI is InChI=1S/C16H13NO4/c1-20-16(19)12-4-5-14-10(8-12)2-3-11(15(14)18)9-13-6-7-17-21-13/h4-9H,2-3H2,1H3/b11-9-. The van der Waals surface area contributed by atoms with Crippen molar-refractivity contribution in [3.05, 3.63) is 58.5 Å². The summed E-state index contributed by atoms with van der Waals surface area (Å²) in [5.41, 5.74) is 2.65. The van der Waals surface area contributed by atoms with Crippen LogP contribution in [0, 0.1) is 0 Å². The molecule has 21 heavy (non-hydrogen) atoms. The van der Waals surface area contributed by atoms with Gasteiger partial charge in [0.2, 0.25) is 0 Å². The number of ether oxygens (including phenoxy) is 1. The number of ketones is 1. The van der Waals surface area contributed by atoms with E-state index in [-0.39, 0.29) is 5.78 Å². The monoisotopic (exact) mass is 283 g/mol. The summed E-state index contributed by atoms with van der Waals surface area (Å²) in [4.78, 5) is 24.0. The number of hydrogen-bond acceptors (Lipinski definition) is 5. The minimum atomic E-state index is -0.395. The van der Waals surface area contributed by atoms with Gasteiger partial charge in [0.1, 0.15) is 0 Å². The lowest BCUT2D eigenvalue weighted by atomic mass is 9.85. The predicted molar refractivity (Wildman–Crippen MR) is 74.9 cm³/mol. The van der Waals surface area contributed by atoms with Gasteiger partial charge in [-0.25, -0.2) is 4.79 Å². The van der Waals surface area contributed by atoms with E-state index in [1.54, 1.807) is 30.3 Å². The number of aryl methyl sites for hydroxylation is 1. The SMILES string of the molecule is COC(=O)c1ccc2c(c1)CC/C(=C/c1ccno1)C2=O. The Bertz CT molecular complexity index is 729. The minimum Gasteiger partial charge on any atom is -0.465 e. The highest BCUT2D eigenvalue weighted by molar-refractivity contribution is 6.13. The van der Waals surface area contributed by atoms with Gasteiger partial charge in [-0.05, 0) is 42.7 Å². The maximum Gasteiger partial charge on any atom is 0.337 e. The van der Waals surface area contributed by atoms with Gasteiger partial charge in [-0.2, -0.15) is 0 Å². The van der Waals surface area contributed by atoms with E-state index in [0.717, 1.165) is 5.56 Å². The Morgan fingerprint density at radius 1 is 1.33 bits per heavy atom. The zero-order valence-corrected chi connectivity index (χ0v) is 11.5. The quantitative estimate of drug-likeness (QED) is 0.626. The smallest absolute Gasteiger partial charge is 0.337 e. The summed E-state index contributed by atoms with van der Waals surface area (Å²) in [6, 6.07) is 6.72. The number of rotatable bonds is 2. The normalized spacial score (nSPS) is 15.9. The Hall–Kier alpha value is -2.69. The molecule has 0 N–H and O–H groups in total. The number of hydrogen-bond donors (Lipinski definition) is 0. The molecule has 0 unspecified atom stereocenters. The molecule has 0 saturated heterocycles. The molecule has 0 aliphatic heterocycles. The summed E-state index contributed by atoms with van der Waals surface area (Å²) < 4.78 is 9.69. The van der Waals surface area contributed by atoms with Crippen molar-refractivity contribution in [3.8, 4) is 0 Å². The van der Waals surface area contributed by atoms with Gasteiger partial charge in [-0.1, -0.05) is 5.16 Å². The molecule has 5 nitrogen and oxygen atoms in total. The molecular weight excluding hydrogens is 270 g/mol.